The molecule has 0 aromatic heterocycles. The number of hydrogen-bond donors (Lipinski definition) is 1. The van der Waals surface area contributed by atoms with Gasteiger partial charge in [-0.3, -0.25) is 4.99 Å². The Morgan fingerprint density at radius 3 is 3.09 bits per heavy atom. The Kier molecular flexibility index (Phi) is 3.69. The van der Waals surface area contributed by atoms with Crippen LogP contribution in [0.4, 0.5) is 0 Å². The molecule has 1 unspecified atom stereocenters. The fourth-order valence-electron chi connectivity index (χ4n) is 1.08. The van der Waals surface area contributed by atoms with Crippen molar-refractivity contribution in [3.8, 4) is 0 Å². The lowest BCUT2D eigenvalue weighted by atomic mass is 10.2. The number of nitrogens with one attached hydrogen (secondary N) is 1. The quantitative estimate of drug-likeness (QED) is 0.621. The summed E-state index contributed by atoms with van der Waals surface area (Å²) in [5.74, 6) is 0. The van der Waals surface area contributed by atoms with Crippen molar-refractivity contribution in [3.63, 3.8) is 0 Å². The van der Waals surface area contributed by atoms with E-state index in [1.54, 1.807) is 12.4 Å². The molecule has 0 bridgehead atoms. The Balaban J connectivity index is 2.14. The highest BCUT2D eigenvalue weighted by atomic mass is 16.5. The van der Waals surface area contributed by atoms with Crippen LogP contribution >= 0.6 is 0 Å². The number of nitrogens with zero attached hydrogens (tertiary/aromatic N) is 1. The van der Waals surface area contributed by atoms with Crippen LogP contribution in [0.15, 0.2) is 17.4 Å². The summed E-state index contributed by atoms with van der Waals surface area (Å²) in [6.45, 7) is 4.19. The Bertz CT molecular complexity index is 139. The van der Waals surface area contributed by atoms with E-state index in [1.807, 2.05) is 0 Å². The Morgan fingerprint density at radius 2 is 2.45 bits per heavy atom. The lowest BCUT2D eigenvalue weighted by Crippen LogP contribution is -2.30. The van der Waals surface area contributed by atoms with Crippen molar-refractivity contribution in [2.75, 3.05) is 6.61 Å². The van der Waals surface area contributed by atoms with E-state index in [0.29, 0.717) is 0 Å². The van der Waals surface area contributed by atoms with Gasteiger partial charge in [0, 0.05) is 19.0 Å². The van der Waals surface area contributed by atoms with Crippen LogP contribution in [0.2, 0.25) is 0 Å². The highest BCUT2D eigenvalue weighted by Crippen LogP contribution is 2.09. The van der Waals surface area contributed by atoms with E-state index >= 15 is 0 Å². The molecule has 1 aliphatic rings. The Morgan fingerprint density at radius 1 is 1.55 bits per heavy atom. The molecule has 0 saturated carbocycles. The van der Waals surface area contributed by atoms with Crippen molar-refractivity contribution in [2.45, 2.75) is 25.5 Å². The first kappa shape index (κ1) is 8.27. The van der Waals surface area contributed by atoms with E-state index in [1.165, 1.54) is 12.8 Å². The molecule has 0 aliphatic carbocycles. The molecular formula is C8H14N2O. The van der Waals surface area contributed by atoms with Crippen LogP contribution in [0.3, 0.4) is 0 Å². The second-order valence-electron chi connectivity index (χ2n) is 2.52. The molecule has 3 heteroatoms. The molecule has 3 nitrogen and oxygen atoms in total. The summed E-state index contributed by atoms with van der Waals surface area (Å²) in [7, 11) is 0. The molecule has 1 rings (SSSR count). The Labute approximate surface area is 67.2 Å². The summed E-state index contributed by atoms with van der Waals surface area (Å²) < 4.78 is 5.40. The van der Waals surface area contributed by atoms with Crippen LogP contribution in [0.1, 0.15) is 19.3 Å². The van der Waals surface area contributed by atoms with Crippen LogP contribution in [-0.2, 0) is 4.74 Å². The van der Waals surface area contributed by atoms with Gasteiger partial charge < -0.3 is 10.1 Å². The third-order valence-corrected chi connectivity index (χ3v) is 1.64. The third-order valence-electron chi connectivity index (χ3n) is 1.64. The molecule has 1 saturated heterocycles. The van der Waals surface area contributed by atoms with Gasteiger partial charge in [-0.25, -0.2) is 0 Å². The summed E-state index contributed by atoms with van der Waals surface area (Å²) >= 11 is 0. The van der Waals surface area contributed by atoms with Gasteiger partial charge in [-0.05, 0) is 26.0 Å². The summed E-state index contributed by atoms with van der Waals surface area (Å²) in [6.07, 6.45) is 7.08. The van der Waals surface area contributed by atoms with Crippen molar-refractivity contribution in [2.24, 2.45) is 4.99 Å². The molecule has 0 aromatic carbocycles. The fourth-order valence-corrected chi connectivity index (χ4v) is 1.08. The monoisotopic (exact) mass is 154 g/mol. The highest BCUT2D eigenvalue weighted by Gasteiger charge is 2.10. The van der Waals surface area contributed by atoms with E-state index in [0.717, 1.165) is 13.0 Å². The van der Waals surface area contributed by atoms with Crippen LogP contribution < -0.4 is 5.32 Å². The maximum atomic E-state index is 5.40. The van der Waals surface area contributed by atoms with Gasteiger partial charge >= 0.3 is 0 Å². The van der Waals surface area contributed by atoms with Gasteiger partial charge in [-0.1, -0.05) is 0 Å². The molecule has 0 aromatic rings. The van der Waals surface area contributed by atoms with Crippen molar-refractivity contribution in [3.05, 3.63) is 12.4 Å². The summed E-state index contributed by atoms with van der Waals surface area (Å²) in [5.41, 5.74) is 0. The lowest BCUT2D eigenvalue weighted by molar-refractivity contribution is 0.00334. The topological polar surface area (TPSA) is 33.6 Å². The molecule has 62 valence electrons. The molecule has 1 fully saturated rings. The number of rotatable bonds is 3. The number of aliphatic imine (C=N–C) groups is 1. The average Bonchev–Trinajstić information content (AvgIpc) is 2.07. The van der Waals surface area contributed by atoms with Crippen molar-refractivity contribution < 1.29 is 4.74 Å². The minimum absolute atomic E-state index is 0.182. The Hall–Kier alpha value is -0.830. The predicted octanol–water partition coefficient (Wildman–Crippen LogP) is 1.27. The van der Waals surface area contributed by atoms with Crippen molar-refractivity contribution in [1.29, 1.82) is 0 Å². The number of ether oxygens (including phenoxy) is 1. The molecule has 11 heavy (non-hydrogen) atoms. The minimum Gasteiger partial charge on any atom is -0.365 e. The van der Waals surface area contributed by atoms with Gasteiger partial charge in [0.25, 0.3) is 0 Å². The molecule has 1 atom stereocenters. The molecule has 1 N–H and O–H groups in total. The van der Waals surface area contributed by atoms with E-state index < -0.39 is 0 Å². The number of hydrogen-bond acceptors (Lipinski definition) is 3. The highest BCUT2D eigenvalue weighted by molar-refractivity contribution is 5.25. The van der Waals surface area contributed by atoms with Crippen LogP contribution in [0.25, 0.3) is 0 Å². The smallest absolute Gasteiger partial charge is 0.127 e. The van der Waals surface area contributed by atoms with Crippen LogP contribution in [0.5, 0.6) is 0 Å². The van der Waals surface area contributed by atoms with E-state index in [9.17, 15) is 0 Å². The zero-order valence-corrected chi connectivity index (χ0v) is 6.62. The molecule has 1 aliphatic heterocycles. The normalized spacial score (nSPS) is 25.3. The largest absolute Gasteiger partial charge is 0.365 e. The van der Waals surface area contributed by atoms with Crippen LogP contribution in [-0.4, -0.2) is 19.6 Å². The molecule has 0 amide bonds. The van der Waals surface area contributed by atoms with Gasteiger partial charge in [0.15, 0.2) is 0 Å². The first-order valence-corrected chi connectivity index (χ1v) is 3.92. The third kappa shape index (κ3) is 3.18. The summed E-state index contributed by atoms with van der Waals surface area (Å²) in [4.78, 5) is 3.57. The SMILES string of the molecule is C=N/C=C\NC1CCCCO1. The zero-order chi connectivity index (χ0) is 7.94. The van der Waals surface area contributed by atoms with Gasteiger partial charge in [0.1, 0.15) is 6.23 Å². The summed E-state index contributed by atoms with van der Waals surface area (Å²) in [6, 6.07) is 0. The zero-order valence-electron chi connectivity index (χ0n) is 6.62. The van der Waals surface area contributed by atoms with Gasteiger partial charge in [-0.2, -0.15) is 0 Å². The maximum Gasteiger partial charge on any atom is 0.127 e. The van der Waals surface area contributed by atoms with Gasteiger partial charge in [-0.15, -0.1) is 0 Å². The predicted molar refractivity (Wildman–Crippen MR) is 45.4 cm³/mol. The van der Waals surface area contributed by atoms with Crippen molar-refractivity contribution in [1.82, 2.24) is 5.32 Å². The molecule has 1 heterocycles. The van der Waals surface area contributed by atoms with E-state index in [2.05, 4.69) is 17.0 Å². The van der Waals surface area contributed by atoms with Crippen LogP contribution in [0, 0.1) is 0 Å². The lowest BCUT2D eigenvalue weighted by Gasteiger charge is -2.22. The second kappa shape index (κ2) is 4.91. The van der Waals surface area contributed by atoms with E-state index in [4.69, 9.17) is 4.74 Å². The maximum absolute atomic E-state index is 5.40. The second-order valence-corrected chi connectivity index (χ2v) is 2.52. The van der Waals surface area contributed by atoms with Crippen molar-refractivity contribution >= 4 is 6.72 Å². The molecule has 0 radical (unpaired) electrons. The molecule has 0 spiro atoms. The first-order chi connectivity index (χ1) is 5.43. The average molecular weight is 154 g/mol. The van der Waals surface area contributed by atoms with Gasteiger partial charge in [0.05, 0.1) is 0 Å². The first-order valence-electron chi connectivity index (χ1n) is 3.92. The fraction of sp³-hybridized carbons (Fsp3) is 0.625. The summed E-state index contributed by atoms with van der Waals surface area (Å²) in [5, 5.41) is 3.09. The van der Waals surface area contributed by atoms with Gasteiger partial charge in [0.2, 0.25) is 0 Å². The van der Waals surface area contributed by atoms with E-state index in [-0.39, 0.29) is 6.23 Å². The molecular weight excluding hydrogens is 140 g/mol. The standard InChI is InChI=1S/C8H14N2O/c1-9-5-6-10-8-4-2-3-7-11-8/h5-6,8,10H,1-4,7H2/b6-5-. The minimum atomic E-state index is 0.182.